The van der Waals surface area contributed by atoms with E-state index in [4.69, 9.17) is 4.74 Å². The van der Waals surface area contributed by atoms with E-state index < -0.39 is 0 Å². The predicted molar refractivity (Wildman–Crippen MR) is 63.8 cm³/mol. The molecule has 0 aliphatic heterocycles. The lowest BCUT2D eigenvalue weighted by Crippen LogP contribution is -2.14. The van der Waals surface area contributed by atoms with Crippen LogP contribution in [0.15, 0.2) is 28.7 Å². The number of rotatable bonds is 5. The van der Waals surface area contributed by atoms with E-state index >= 15 is 0 Å². The minimum Gasteiger partial charge on any atom is -0.490 e. The highest BCUT2D eigenvalue weighted by atomic mass is 79.9. The summed E-state index contributed by atoms with van der Waals surface area (Å²) in [5.41, 5.74) is 0. The highest BCUT2D eigenvalue weighted by molar-refractivity contribution is 9.10. The lowest BCUT2D eigenvalue weighted by atomic mass is 10.1. The Hall–Kier alpha value is -0.500. The molecule has 1 nitrogen and oxygen atoms in total. The van der Waals surface area contributed by atoms with E-state index in [0.29, 0.717) is 6.10 Å². The summed E-state index contributed by atoms with van der Waals surface area (Å²) in [4.78, 5) is 0. The standard InChI is InChI=1S/C12H17BrO/c1-3-6-11(4-2)14-12-8-5-7-10(13)9-12/h5,7-9,11H,3-4,6H2,1-2H3. The van der Waals surface area contributed by atoms with Crippen LogP contribution in [0, 0.1) is 0 Å². The summed E-state index contributed by atoms with van der Waals surface area (Å²) in [6, 6.07) is 8.02. The Labute approximate surface area is 94.6 Å². The van der Waals surface area contributed by atoms with Gasteiger partial charge in [-0.25, -0.2) is 0 Å². The summed E-state index contributed by atoms with van der Waals surface area (Å²) in [5.74, 6) is 0.958. The molecular formula is C12H17BrO. The Morgan fingerprint density at radius 2 is 2.14 bits per heavy atom. The number of ether oxygens (including phenoxy) is 1. The smallest absolute Gasteiger partial charge is 0.120 e. The minimum atomic E-state index is 0.356. The molecule has 2 heteroatoms. The van der Waals surface area contributed by atoms with Crippen molar-refractivity contribution in [2.45, 2.75) is 39.2 Å². The van der Waals surface area contributed by atoms with E-state index in [1.165, 1.54) is 6.42 Å². The molecule has 1 rings (SSSR count). The van der Waals surface area contributed by atoms with Crippen LogP contribution in [0.4, 0.5) is 0 Å². The SMILES string of the molecule is CCCC(CC)Oc1cccc(Br)c1. The van der Waals surface area contributed by atoms with E-state index in [0.717, 1.165) is 23.1 Å². The van der Waals surface area contributed by atoms with Gasteiger partial charge in [0.1, 0.15) is 5.75 Å². The summed E-state index contributed by atoms with van der Waals surface area (Å²) >= 11 is 3.43. The Balaban J connectivity index is 2.57. The molecule has 0 N–H and O–H groups in total. The van der Waals surface area contributed by atoms with Gasteiger partial charge >= 0.3 is 0 Å². The van der Waals surface area contributed by atoms with Gasteiger partial charge in [-0.1, -0.05) is 42.3 Å². The van der Waals surface area contributed by atoms with E-state index in [9.17, 15) is 0 Å². The monoisotopic (exact) mass is 256 g/mol. The van der Waals surface area contributed by atoms with Crippen LogP contribution in [0.2, 0.25) is 0 Å². The summed E-state index contributed by atoms with van der Waals surface area (Å²) in [6.45, 7) is 4.35. The largest absolute Gasteiger partial charge is 0.490 e. The van der Waals surface area contributed by atoms with Crippen molar-refractivity contribution in [1.29, 1.82) is 0 Å². The maximum atomic E-state index is 5.85. The Morgan fingerprint density at radius 3 is 2.71 bits per heavy atom. The second kappa shape index (κ2) is 6.07. The third kappa shape index (κ3) is 3.70. The van der Waals surface area contributed by atoms with Gasteiger partial charge in [-0.05, 0) is 31.0 Å². The van der Waals surface area contributed by atoms with Crippen LogP contribution >= 0.6 is 15.9 Å². The fourth-order valence-electron chi connectivity index (χ4n) is 1.40. The van der Waals surface area contributed by atoms with Gasteiger partial charge in [0.2, 0.25) is 0 Å². The fourth-order valence-corrected chi connectivity index (χ4v) is 1.78. The number of hydrogen-bond acceptors (Lipinski definition) is 1. The normalized spacial score (nSPS) is 12.5. The van der Waals surface area contributed by atoms with Crippen LogP contribution in [0.25, 0.3) is 0 Å². The zero-order valence-electron chi connectivity index (χ0n) is 8.79. The zero-order valence-corrected chi connectivity index (χ0v) is 10.4. The first-order chi connectivity index (χ1) is 6.76. The van der Waals surface area contributed by atoms with Crippen molar-refractivity contribution in [2.75, 3.05) is 0 Å². The van der Waals surface area contributed by atoms with Crippen molar-refractivity contribution in [3.63, 3.8) is 0 Å². The van der Waals surface area contributed by atoms with Gasteiger partial charge in [-0.15, -0.1) is 0 Å². The molecule has 0 amide bonds. The van der Waals surface area contributed by atoms with E-state index in [-0.39, 0.29) is 0 Å². The number of hydrogen-bond donors (Lipinski definition) is 0. The molecular weight excluding hydrogens is 240 g/mol. The van der Waals surface area contributed by atoms with Gasteiger partial charge < -0.3 is 4.74 Å². The maximum absolute atomic E-state index is 5.85. The maximum Gasteiger partial charge on any atom is 0.120 e. The van der Waals surface area contributed by atoms with Crippen molar-refractivity contribution in [2.24, 2.45) is 0 Å². The average Bonchev–Trinajstić information content (AvgIpc) is 2.17. The molecule has 0 fully saturated rings. The summed E-state index contributed by atoms with van der Waals surface area (Å²) < 4.78 is 6.93. The molecule has 0 heterocycles. The first-order valence-electron chi connectivity index (χ1n) is 5.18. The molecule has 0 bridgehead atoms. The van der Waals surface area contributed by atoms with Gasteiger partial charge in [-0.2, -0.15) is 0 Å². The first-order valence-corrected chi connectivity index (χ1v) is 5.97. The van der Waals surface area contributed by atoms with Crippen LogP contribution in [0.3, 0.4) is 0 Å². The molecule has 1 aromatic carbocycles. The molecule has 1 aromatic rings. The highest BCUT2D eigenvalue weighted by Gasteiger charge is 2.06. The molecule has 0 spiro atoms. The molecule has 0 saturated heterocycles. The highest BCUT2D eigenvalue weighted by Crippen LogP contribution is 2.20. The third-order valence-corrected chi connectivity index (χ3v) is 2.66. The van der Waals surface area contributed by atoms with Crippen molar-refractivity contribution in [3.8, 4) is 5.75 Å². The fraction of sp³-hybridized carbons (Fsp3) is 0.500. The average molecular weight is 257 g/mol. The Kier molecular flexibility index (Phi) is 5.02. The molecule has 14 heavy (non-hydrogen) atoms. The summed E-state index contributed by atoms with van der Waals surface area (Å²) in [7, 11) is 0. The molecule has 0 aromatic heterocycles. The predicted octanol–water partition coefficient (Wildman–Crippen LogP) is 4.41. The van der Waals surface area contributed by atoms with Gasteiger partial charge in [0.25, 0.3) is 0 Å². The quantitative estimate of drug-likeness (QED) is 0.759. The van der Waals surface area contributed by atoms with Crippen LogP contribution in [-0.4, -0.2) is 6.10 Å². The third-order valence-electron chi connectivity index (χ3n) is 2.16. The molecule has 0 aliphatic rings. The zero-order chi connectivity index (χ0) is 10.4. The summed E-state index contributed by atoms with van der Waals surface area (Å²) in [6.07, 6.45) is 3.73. The lowest BCUT2D eigenvalue weighted by molar-refractivity contribution is 0.185. The first kappa shape index (κ1) is 11.6. The van der Waals surface area contributed by atoms with Crippen molar-refractivity contribution in [3.05, 3.63) is 28.7 Å². The van der Waals surface area contributed by atoms with Crippen LogP contribution < -0.4 is 4.74 Å². The van der Waals surface area contributed by atoms with Crippen molar-refractivity contribution >= 4 is 15.9 Å². The topological polar surface area (TPSA) is 9.23 Å². The van der Waals surface area contributed by atoms with Gasteiger partial charge in [-0.3, -0.25) is 0 Å². The number of halogens is 1. The molecule has 0 radical (unpaired) electrons. The number of benzene rings is 1. The minimum absolute atomic E-state index is 0.356. The van der Waals surface area contributed by atoms with Crippen LogP contribution in [0.5, 0.6) is 5.75 Å². The molecule has 1 atom stereocenters. The van der Waals surface area contributed by atoms with Crippen molar-refractivity contribution in [1.82, 2.24) is 0 Å². The van der Waals surface area contributed by atoms with E-state index in [2.05, 4.69) is 29.8 Å². The van der Waals surface area contributed by atoms with Gasteiger partial charge in [0.05, 0.1) is 6.10 Å². The second-order valence-electron chi connectivity index (χ2n) is 3.39. The van der Waals surface area contributed by atoms with Crippen LogP contribution in [0.1, 0.15) is 33.1 Å². The Morgan fingerprint density at radius 1 is 1.36 bits per heavy atom. The van der Waals surface area contributed by atoms with E-state index in [1.54, 1.807) is 0 Å². The van der Waals surface area contributed by atoms with Gasteiger partial charge in [0, 0.05) is 4.47 Å². The van der Waals surface area contributed by atoms with Crippen LogP contribution in [-0.2, 0) is 0 Å². The molecule has 1 unspecified atom stereocenters. The second-order valence-corrected chi connectivity index (χ2v) is 4.31. The van der Waals surface area contributed by atoms with Crippen molar-refractivity contribution < 1.29 is 4.74 Å². The Bertz CT molecular complexity index is 273. The van der Waals surface area contributed by atoms with Gasteiger partial charge in [0.15, 0.2) is 0 Å². The molecule has 0 saturated carbocycles. The lowest BCUT2D eigenvalue weighted by Gasteiger charge is -2.16. The van der Waals surface area contributed by atoms with E-state index in [1.807, 2.05) is 24.3 Å². The molecule has 0 aliphatic carbocycles. The summed E-state index contributed by atoms with van der Waals surface area (Å²) in [5, 5.41) is 0. The molecule has 78 valence electrons.